The van der Waals surface area contributed by atoms with Gasteiger partial charge in [0.25, 0.3) is 5.91 Å². The van der Waals surface area contributed by atoms with E-state index in [1.54, 1.807) is 18.2 Å². The molecule has 106 valence electrons. The minimum absolute atomic E-state index is 0.0145. The van der Waals surface area contributed by atoms with Gasteiger partial charge in [-0.2, -0.15) is 0 Å². The van der Waals surface area contributed by atoms with Crippen LogP contribution in [0.5, 0.6) is 5.75 Å². The molecular formula is C14H15NO5. The van der Waals surface area contributed by atoms with Gasteiger partial charge in [-0.25, -0.2) is 0 Å². The number of methoxy groups -OCH3 is 1. The zero-order valence-corrected chi connectivity index (χ0v) is 11.1. The van der Waals surface area contributed by atoms with Crippen LogP contribution in [-0.2, 0) is 14.3 Å². The van der Waals surface area contributed by atoms with Crippen molar-refractivity contribution in [2.45, 2.75) is 19.3 Å². The lowest BCUT2D eigenvalue weighted by atomic mass is 10.0. The number of amides is 1. The molecule has 1 amide bonds. The predicted molar refractivity (Wildman–Crippen MR) is 70.8 cm³/mol. The number of esters is 1. The van der Waals surface area contributed by atoms with Crippen molar-refractivity contribution in [3.05, 3.63) is 23.8 Å². The number of fused-ring (bicyclic) bond motifs is 1. The van der Waals surface area contributed by atoms with E-state index in [1.165, 1.54) is 7.11 Å². The monoisotopic (exact) mass is 277 g/mol. The van der Waals surface area contributed by atoms with Crippen molar-refractivity contribution in [3.8, 4) is 5.75 Å². The number of ketones is 1. The molecule has 6 heteroatoms. The van der Waals surface area contributed by atoms with Crippen molar-refractivity contribution in [3.63, 3.8) is 0 Å². The molecule has 6 nitrogen and oxygen atoms in total. The van der Waals surface area contributed by atoms with Crippen LogP contribution < -0.4 is 10.1 Å². The SMILES string of the molecule is COC(=O)CCCC(=O)c1ccc2c(c1)NC(=O)CO2. The van der Waals surface area contributed by atoms with E-state index >= 15 is 0 Å². The average molecular weight is 277 g/mol. The van der Waals surface area contributed by atoms with Crippen LogP contribution in [-0.4, -0.2) is 31.4 Å². The Morgan fingerprint density at radius 3 is 2.90 bits per heavy atom. The molecule has 1 heterocycles. The highest BCUT2D eigenvalue weighted by Crippen LogP contribution is 2.28. The van der Waals surface area contributed by atoms with Crippen molar-refractivity contribution in [1.29, 1.82) is 0 Å². The Morgan fingerprint density at radius 1 is 1.35 bits per heavy atom. The molecule has 0 aliphatic carbocycles. The molecular weight excluding hydrogens is 262 g/mol. The molecule has 2 rings (SSSR count). The highest BCUT2D eigenvalue weighted by atomic mass is 16.5. The van der Waals surface area contributed by atoms with E-state index in [1.807, 2.05) is 0 Å². The molecule has 20 heavy (non-hydrogen) atoms. The Hall–Kier alpha value is -2.37. The number of anilines is 1. The van der Waals surface area contributed by atoms with Crippen LogP contribution in [0.4, 0.5) is 5.69 Å². The molecule has 1 aliphatic heterocycles. The van der Waals surface area contributed by atoms with Crippen LogP contribution in [0.2, 0.25) is 0 Å². The normalized spacial score (nSPS) is 12.9. The molecule has 0 spiro atoms. The largest absolute Gasteiger partial charge is 0.482 e. The summed E-state index contributed by atoms with van der Waals surface area (Å²) in [5.41, 5.74) is 0.986. The van der Waals surface area contributed by atoms with E-state index in [9.17, 15) is 14.4 Å². The molecule has 0 saturated heterocycles. The van der Waals surface area contributed by atoms with E-state index in [0.717, 1.165) is 0 Å². The van der Waals surface area contributed by atoms with Crippen molar-refractivity contribution in [1.82, 2.24) is 0 Å². The summed E-state index contributed by atoms with van der Waals surface area (Å²) in [5.74, 6) is -0.107. The molecule has 0 aromatic heterocycles. The molecule has 0 bridgehead atoms. The summed E-state index contributed by atoms with van der Waals surface area (Å²) in [6.45, 7) is -0.0145. The van der Waals surface area contributed by atoms with Gasteiger partial charge < -0.3 is 14.8 Å². The summed E-state index contributed by atoms with van der Waals surface area (Å²) in [6, 6.07) is 4.89. The molecule has 1 aliphatic rings. The van der Waals surface area contributed by atoms with Gasteiger partial charge in [-0.15, -0.1) is 0 Å². The van der Waals surface area contributed by atoms with Crippen LogP contribution >= 0.6 is 0 Å². The van der Waals surface area contributed by atoms with E-state index < -0.39 is 0 Å². The van der Waals surface area contributed by atoms with E-state index in [4.69, 9.17) is 4.74 Å². The highest BCUT2D eigenvalue weighted by Gasteiger charge is 2.17. The number of hydrogen-bond donors (Lipinski definition) is 1. The van der Waals surface area contributed by atoms with Crippen molar-refractivity contribution in [2.75, 3.05) is 19.0 Å². The standard InChI is InChI=1S/C14H15NO5/c1-19-14(18)4-2-3-11(16)9-5-6-12-10(7-9)15-13(17)8-20-12/h5-7H,2-4,8H2,1H3,(H,15,17). The summed E-state index contributed by atoms with van der Waals surface area (Å²) in [4.78, 5) is 34.2. The Balaban J connectivity index is 1.98. The number of carbonyl (C=O) groups excluding carboxylic acids is 3. The van der Waals surface area contributed by atoms with Gasteiger partial charge in [0.1, 0.15) is 5.75 Å². The summed E-state index contributed by atoms with van der Waals surface area (Å²) >= 11 is 0. The molecule has 0 radical (unpaired) electrons. The van der Waals surface area contributed by atoms with Gasteiger partial charge >= 0.3 is 5.97 Å². The first-order chi connectivity index (χ1) is 9.60. The first-order valence-corrected chi connectivity index (χ1v) is 6.27. The maximum atomic E-state index is 12.0. The van der Waals surface area contributed by atoms with Gasteiger partial charge in [0, 0.05) is 18.4 Å². The topological polar surface area (TPSA) is 81.7 Å². The second kappa shape index (κ2) is 6.18. The van der Waals surface area contributed by atoms with E-state index in [0.29, 0.717) is 23.4 Å². The van der Waals surface area contributed by atoms with E-state index in [-0.39, 0.29) is 37.1 Å². The minimum Gasteiger partial charge on any atom is -0.482 e. The lowest BCUT2D eigenvalue weighted by molar-refractivity contribution is -0.140. The summed E-state index contributed by atoms with van der Waals surface area (Å²) in [5, 5.41) is 2.65. The Bertz CT molecular complexity index is 552. The number of rotatable bonds is 5. The first kappa shape index (κ1) is 14.0. The van der Waals surface area contributed by atoms with Crippen molar-refractivity contribution in [2.24, 2.45) is 0 Å². The molecule has 0 atom stereocenters. The quantitative estimate of drug-likeness (QED) is 0.652. The van der Waals surface area contributed by atoms with E-state index in [2.05, 4.69) is 10.1 Å². The number of Topliss-reactive ketones (excluding diaryl/α,β-unsaturated/α-hetero) is 1. The molecule has 0 fully saturated rings. The molecule has 0 saturated carbocycles. The van der Waals surface area contributed by atoms with Gasteiger partial charge in [-0.3, -0.25) is 14.4 Å². The van der Waals surface area contributed by atoms with Crippen molar-refractivity contribution >= 4 is 23.3 Å². The lowest BCUT2D eigenvalue weighted by Crippen LogP contribution is -2.25. The minimum atomic E-state index is -0.330. The fraction of sp³-hybridized carbons (Fsp3) is 0.357. The molecule has 1 N–H and O–H groups in total. The number of nitrogens with one attached hydrogen (secondary N) is 1. The molecule has 0 unspecified atom stereocenters. The number of hydrogen-bond acceptors (Lipinski definition) is 5. The van der Waals surface area contributed by atoms with Crippen LogP contribution in [0.15, 0.2) is 18.2 Å². The number of ether oxygens (including phenoxy) is 2. The van der Waals surface area contributed by atoms with Gasteiger partial charge in [0.05, 0.1) is 12.8 Å². The van der Waals surface area contributed by atoms with Crippen LogP contribution in [0.25, 0.3) is 0 Å². The zero-order chi connectivity index (χ0) is 14.5. The molecule has 1 aromatic carbocycles. The van der Waals surface area contributed by atoms with Gasteiger partial charge in [-0.1, -0.05) is 0 Å². The van der Waals surface area contributed by atoms with Gasteiger partial charge in [0.15, 0.2) is 12.4 Å². The second-order valence-corrected chi connectivity index (χ2v) is 4.40. The average Bonchev–Trinajstić information content (AvgIpc) is 2.46. The highest BCUT2D eigenvalue weighted by molar-refractivity contribution is 6.00. The fourth-order valence-electron chi connectivity index (χ4n) is 1.90. The van der Waals surface area contributed by atoms with Gasteiger partial charge in [-0.05, 0) is 24.6 Å². The maximum absolute atomic E-state index is 12.0. The zero-order valence-electron chi connectivity index (χ0n) is 11.1. The third-order valence-electron chi connectivity index (χ3n) is 2.95. The summed E-state index contributed by atoms with van der Waals surface area (Å²) < 4.78 is 9.72. The lowest BCUT2D eigenvalue weighted by Gasteiger charge is -2.18. The Morgan fingerprint density at radius 2 is 2.15 bits per heavy atom. The maximum Gasteiger partial charge on any atom is 0.305 e. The Kier molecular flexibility index (Phi) is 4.34. The second-order valence-electron chi connectivity index (χ2n) is 4.40. The van der Waals surface area contributed by atoms with Crippen molar-refractivity contribution < 1.29 is 23.9 Å². The Labute approximate surface area is 116 Å². The summed E-state index contributed by atoms with van der Waals surface area (Å²) in [7, 11) is 1.32. The third kappa shape index (κ3) is 3.34. The van der Waals surface area contributed by atoms with Crippen LogP contribution in [0, 0.1) is 0 Å². The van der Waals surface area contributed by atoms with Gasteiger partial charge in [0.2, 0.25) is 0 Å². The smallest absolute Gasteiger partial charge is 0.305 e. The van der Waals surface area contributed by atoms with Crippen LogP contribution in [0.3, 0.4) is 0 Å². The van der Waals surface area contributed by atoms with Crippen LogP contribution in [0.1, 0.15) is 29.6 Å². The molecule has 1 aromatic rings. The summed E-state index contributed by atoms with van der Waals surface area (Å²) in [6.07, 6.45) is 0.904. The third-order valence-corrected chi connectivity index (χ3v) is 2.95. The number of carbonyl (C=O) groups is 3. The number of benzene rings is 1. The predicted octanol–water partition coefficient (Wildman–Crippen LogP) is 1.54. The fourth-order valence-corrected chi connectivity index (χ4v) is 1.90. The first-order valence-electron chi connectivity index (χ1n) is 6.27.